The van der Waals surface area contributed by atoms with Crippen LogP contribution in [-0.4, -0.2) is 19.9 Å². The number of primary sulfonamides is 1. The van der Waals surface area contributed by atoms with Crippen molar-refractivity contribution in [3.8, 4) is 5.75 Å². The molecule has 2 N–H and O–H groups in total. The molecular weight excluding hydrogens is 267 g/mol. The van der Waals surface area contributed by atoms with Crippen LogP contribution in [0.3, 0.4) is 0 Å². The standard InChI is InChI=1S/C9H9FN2O5S/c1-2-3-17-9-7(10)4-6(12(13)14)5-8(9)18(11,15)16/h2,4-5H,1,3H2,(H2,11,15,16). The normalized spacial score (nSPS) is 11.0. The first kappa shape index (κ1) is 14.1. The van der Waals surface area contributed by atoms with Crippen molar-refractivity contribution in [1.29, 1.82) is 0 Å². The van der Waals surface area contributed by atoms with E-state index >= 15 is 0 Å². The van der Waals surface area contributed by atoms with Gasteiger partial charge in [0.2, 0.25) is 10.0 Å². The third-order valence-electron chi connectivity index (χ3n) is 1.86. The lowest BCUT2D eigenvalue weighted by molar-refractivity contribution is -0.385. The predicted octanol–water partition coefficient (Wildman–Crippen LogP) is 0.946. The highest BCUT2D eigenvalue weighted by Crippen LogP contribution is 2.31. The summed E-state index contributed by atoms with van der Waals surface area (Å²) in [7, 11) is -4.35. The quantitative estimate of drug-likeness (QED) is 0.488. The van der Waals surface area contributed by atoms with Crippen LogP contribution in [0, 0.1) is 15.9 Å². The third-order valence-corrected chi connectivity index (χ3v) is 2.77. The van der Waals surface area contributed by atoms with E-state index in [-0.39, 0.29) is 6.61 Å². The minimum absolute atomic E-state index is 0.169. The first-order valence-corrected chi connectivity index (χ1v) is 6.06. The largest absolute Gasteiger partial charge is 0.485 e. The van der Waals surface area contributed by atoms with Gasteiger partial charge in [-0.2, -0.15) is 0 Å². The molecule has 9 heteroatoms. The molecule has 0 aliphatic rings. The van der Waals surface area contributed by atoms with Gasteiger partial charge < -0.3 is 4.74 Å². The Morgan fingerprint density at radius 2 is 2.17 bits per heavy atom. The summed E-state index contributed by atoms with van der Waals surface area (Å²) in [5.41, 5.74) is -0.734. The van der Waals surface area contributed by atoms with Crippen molar-refractivity contribution < 1.29 is 22.5 Å². The Balaban J connectivity index is 3.50. The van der Waals surface area contributed by atoms with Gasteiger partial charge in [0.05, 0.1) is 11.0 Å². The molecule has 0 aliphatic carbocycles. The Morgan fingerprint density at radius 3 is 2.61 bits per heavy atom. The first-order chi connectivity index (χ1) is 8.27. The van der Waals surface area contributed by atoms with Crippen molar-refractivity contribution in [2.45, 2.75) is 4.90 Å². The van der Waals surface area contributed by atoms with Crippen LogP contribution >= 0.6 is 0 Å². The predicted molar refractivity (Wildman–Crippen MR) is 60.1 cm³/mol. The average Bonchev–Trinajstić information content (AvgIpc) is 2.25. The number of sulfonamides is 1. The van der Waals surface area contributed by atoms with E-state index in [1.807, 2.05) is 0 Å². The highest BCUT2D eigenvalue weighted by molar-refractivity contribution is 7.89. The van der Waals surface area contributed by atoms with E-state index in [1.165, 1.54) is 6.08 Å². The summed E-state index contributed by atoms with van der Waals surface area (Å²) in [5.74, 6) is -1.85. The topological polar surface area (TPSA) is 113 Å². The summed E-state index contributed by atoms with van der Waals surface area (Å²) in [6.07, 6.45) is 1.26. The smallest absolute Gasteiger partial charge is 0.274 e. The summed E-state index contributed by atoms with van der Waals surface area (Å²) in [4.78, 5) is 8.79. The average molecular weight is 276 g/mol. The number of halogens is 1. The van der Waals surface area contributed by atoms with Crippen LogP contribution in [0.25, 0.3) is 0 Å². The number of rotatable bonds is 5. The summed E-state index contributed by atoms with van der Waals surface area (Å²) >= 11 is 0. The Bertz CT molecular complexity index is 599. The summed E-state index contributed by atoms with van der Waals surface area (Å²) in [5, 5.41) is 15.3. The van der Waals surface area contributed by atoms with Crippen molar-refractivity contribution in [3.63, 3.8) is 0 Å². The van der Waals surface area contributed by atoms with Gasteiger partial charge in [0.1, 0.15) is 11.5 Å². The van der Waals surface area contributed by atoms with Crippen LogP contribution in [0.4, 0.5) is 10.1 Å². The van der Waals surface area contributed by atoms with Gasteiger partial charge >= 0.3 is 0 Å². The fourth-order valence-electron chi connectivity index (χ4n) is 1.15. The van der Waals surface area contributed by atoms with Gasteiger partial charge in [0, 0.05) is 6.07 Å². The molecule has 1 aromatic rings. The Labute approximate surface area is 102 Å². The number of hydrogen-bond donors (Lipinski definition) is 1. The maximum atomic E-state index is 13.5. The van der Waals surface area contributed by atoms with Crippen LogP contribution in [0.15, 0.2) is 29.7 Å². The number of ether oxygens (including phenoxy) is 1. The lowest BCUT2D eigenvalue weighted by Gasteiger charge is -2.09. The van der Waals surface area contributed by atoms with Crippen LogP contribution < -0.4 is 9.88 Å². The maximum absolute atomic E-state index is 13.5. The molecule has 0 fully saturated rings. The van der Waals surface area contributed by atoms with Gasteiger partial charge in [-0.25, -0.2) is 17.9 Å². The van der Waals surface area contributed by atoms with Gasteiger partial charge in [0.15, 0.2) is 11.6 Å². The summed E-state index contributed by atoms with van der Waals surface area (Å²) in [6, 6.07) is 1.18. The molecule has 0 radical (unpaired) electrons. The molecule has 7 nitrogen and oxygen atoms in total. The number of nitro benzene ring substituents is 1. The molecule has 0 atom stereocenters. The minimum atomic E-state index is -4.35. The lowest BCUT2D eigenvalue weighted by Crippen LogP contribution is -2.15. The second-order valence-corrected chi connectivity index (χ2v) is 4.69. The molecule has 18 heavy (non-hydrogen) atoms. The van der Waals surface area contributed by atoms with Gasteiger partial charge in [-0.3, -0.25) is 10.1 Å². The number of nitrogens with zero attached hydrogens (tertiary/aromatic N) is 1. The molecule has 0 bridgehead atoms. The molecule has 0 heterocycles. The van der Waals surface area contributed by atoms with E-state index in [0.717, 1.165) is 0 Å². The van der Waals surface area contributed by atoms with Crippen molar-refractivity contribution >= 4 is 15.7 Å². The van der Waals surface area contributed by atoms with Crippen LogP contribution in [0.2, 0.25) is 0 Å². The fraction of sp³-hybridized carbons (Fsp3) is 0.111. The Hall–Kier alpha value is -2.00. The zero-order valence-electron chi connectivity index (χ0n) is 9.00. The Kier molecular flexibility index (Phi) is 3.99. The second kappa shape index (κ2) is 5.10. The van der Waals surface area contributed by atoms with Crippen LogP contribution in [0.5, 0.6) is 5.75 Å². The van der Waals surface area contributed by atoms with E-state index in [2.05, 4.69) is 6.58 Å². The molecule has 0 spiro atoms. The van der Waals surface area contributed by atoms with Crippen molar-refractivity contribution in [1.82, 2.24) is 0 Å². The number of nitro groups is 1. The Morgan fingerprint density at radius 1 is 1.56 bits per heavy atom. The summed E-state index contributed by atoms with van der Waals surface area (Å²) < 4.78 is 40.8. The van der Waals surface area contributed by atoms with E-state index in [1.54, 1.807) is 0 Å². The molecule has 1 rings (SSSR count). The lowest BCUT2D eigenvalue weighted by atomic mass is 10.3. The summed E-state index contributed by atoms with van der Waals surface area (Å²) in [6.45, 7) is 3.14. The van der Waals surface area contributed by atoms with E-state index in [9.17, 15) is 22.9 Å². The van der Waals surface area contributed by atoms with Gasteiger partial charge in [-0.1, -0.05) is 12.7 Å². The van der Waals surface area contributed by atoms with Gasteiger partial charge in [0.25, 0.3) is 5.69 Å². The molecular formula is C9H9FN2O5S. The zero-order valence-corrected chi connectivity index (χ0v) is 9.81. The van der Waals surface area contributed by atoms with Crippen LogP contribution in [0.1, 0.15) is 0 Å². The molecule has 0 amide bonds. The highest BCUT2D eigenvalue weighted by Gasteiger charge is 2.24. The van der Waals surface area contributed by atoms with Gasteiger partial charge in [-0.05, 0) is 0 Å². The van der Waals surface area contributed by atoms with Crippen LogP contribution in [-0.2, 0) is 10.0 Å². The number of nitrogens with two attached hydrogens (primary N) is 1. The molecule has 0 aliphatic heterocycles. The van der Waals surface area contributed by atoms with E-state index < -0.39 is 37.1 Å². The minimum Gasteiger partial charge on any atom is -0.485 e. The molecule has 0 unspecified atom stereocenters. The highest BCUT2D eigenvalue weighted by atomic mass is 32.2. The van der Waals surface area contributed by atoms with Crippen molar-refractivity contribution in [2.75, 3.05) is 6.61 Å². The molecule has 0 aromatic heterocycles. The fourth-order valence-corrected chi connectivity index (χ4v) is 1.85. The monoisotopic (exact) mass is 276 g/mol. The molecule has 0 saturated carbocycles. The number of benzene rings is 1. The molecule has 0 saturated heterocycles. The second-order valence-electron chi connectivity index (χ2n) is 3.16. The van der Waals surface area contributed by atoms with E-state index in [0.29, 0.717) is 12.1 Å². The number of hydrogen-bond acceptors (Lipinski definition) is 5. The zero-order chi connectivity index (χ0) is 13.9. The first-order valence-electron chi connectivity index (χ1n) is 4.51. The third kappa shape index (κ3) is 3.02. The van der Waals surface area contributed by atoms with Crippen molar-refractivity contribution in [3.05, 3.63) is 40.7 Å². The number of non-ortho nitro benzene ring substituents is 1. The maximum Gasteiger partial charge on any atom is 0.274 e. The SMILES string of the molecule is C=CCOc1c(F)cc([N+](=O)[O-])cc1S(N)(=O)=O. The van der Waals surface area contributed by atoms with Crippen molar-refractivity contribution in [2.24, 2.45) is 5.14 Å². The molecule has 98 valence electrons. The molecule has 1 aromatic carbocycles. The van der Waals surface area contributed by atoms with E-state index in [4.69, 9.17) is 9.88 Å². The van der Waals surface area contributed by atoms with Gasteiger partial charge in [-0.15, -0.1) is 0 Å².